The molecule has 4 aliphatic heterocycles. The fourth-order valence-corrected chi connectivity index (χ4v) is 5.68. The van der Waals surface area contributed by atoms with Gasteiger partial charge < -0.3 is 34.3 Å². The van der Waals surface area contributed by atoms with Crippen LogP contribution in [0.2, 0.25) is 0 Å². The van der Waals surface area contributed by atoms with Crippen molar-refractivity contribution in [2.45, 2.75) is 56.3 Å². The van der Waals surface area contributed by atoms with E-state index in [1.807, 2.05) is 17.0 Å². The van der Waals surface area contributed by atoms with Gasteiger partial charge >= 0.3 is 0 Å². The van der Waals surface area contributed by atoms with E-state index < -0.39 is 6.10 Å². The lowest BCUT2D eigenvalue weighted by Crippen LogP contribution is -2.48. The number of rotatable bonds is 5. The van der Waals surface area contributed by atoms with Crippen LogP contribution in [-0.4, -0.2) is 66.6 Å². The van der Waals surface area contributed by atoms with Crippen LogP contribution < -0.4 is 19.5 Å². The van der Waals surface area contributed by atoms with Gasteiger partial charge in [0.05, 0.1) is 19.1 Å². The monoisotopic (exact) mass is 494 g/mol. The van der Waals surface area contributed by atoms with Crippen molar-refractivity contribution in [1.29, 1.82) is 0 Å². The molecule has 9 nitrogen and oxygen atoms in total. The topological polar surface area (TPSA) is 107 Å². The molecule has 4 aliphatic rings. The number of hydrogen-bond donors (Lipinski definition) is 2. The quantitative estimate of drug-likeness (QED) is 0.658. The van der Waals surface area contributed by atoms with Crippen molar-refractivity contribution in [3.8, 4) is 17.2 Å². The van der Waals surface area contributed by atoms with Crippen LogP contribution in [0, 0.1) is 0 Å². The minimum absolute atomic E-state index is 0.0348. The van der Waals surface area contributed by atoms with Crippen LogP contribution in [0.3, 0.4) is 0 Å². The molecule has 0 bridgehead atoms. The minimum atomic E-state index is -0.512. The summed E-state index contributed by atoms with van der Waals surface area (Å²) in [6, 6.07) is 10.6. The average Bonchev–Trinajstić information content (AvgIpc) is 3.52. The highest BCUT2D eigenvalue weighted by Gasteiger charge is 2.46. The van der Waals surface area contributed by atoms with Gasteiger partial charge in [-0.2, -0.15) is 0 Å². The lowest BCUT2D eigenvalue weighted by molar-refractivity contribution is -0.149. The summed E-state index contributed by atoms with van der Waals surface area (Å²) in [4.78, 5) is 27.7. The standard InChI is InChI=1S/C27H30N2O7/c30-14-24-26-20(12-18(35-24)13-25(31)29-8-2-1-3-9-29)19-11-17(5-7-21(19)36-26)28-27(32)16-4-6-22-23(10-16)34-15-33-22/h4-7,10-11,18,20,24,26,30H,1-3,8-9,12-15H2,(H,28,32)/t18-,20+,24-,26-/m1/s1. The van der Waals surface area contributed by atoms with E-state index in [1.54, 1.807) is 24.3 Å². The highest BCUT2D eigenvalue weighted by molar-refractivity contribution is 6.04. The van der Waals surface area contributed by atoms with Crippen molar-refractivity contribution >= 4 is 17.5 Å². The number of ether oxygens (including phenoxy) is 4. The number of nitrogens with zero attached hydrogens (tertiary/aromatic N) is 1. The molecule has 0 aliphatic carbocycles. The molecule has 2 saturated heterocycles. The average molecular weight is 495 g/mol. The van der Waals surface area contributed by atoms with Crippen LogP contribution in [0.15, 0.2) is 36.4 Å². The number of piperidine rings is 1. The van der Waals surface area contributed by atoms with Gasteiger partial charge in [-0.1, -0.05) is 0 Å². The molecule has 190 valence electrons. The zero-order chi connectivity index (χ0) is 24.6. The van der Waals surface area contributed by atoms with Crippen LogP contribution in [0.25, 0.3) is 0 Å². The fraction of sp³-hybridized carbons (Fsp3) is 0.481. The number of carbonyl (C=O) groups excluding carboxylic acids is 2. The van der Waals surface area contributed by atoms with Gasteiger partial charge in [0.25, 0.3) is 5.91 Å². The number of likely N-dealkylation sites (tertiary alicyclic amines) is 1. The van der Waals surface area contributed by atoms with E-state index >= 15 is 0 Å². The summed E-state index contributed by atoms with van der Waals surface area (Å²) in [5, 5.41) is 13.0. The van der Waals surface area contributed by atoms with E-state index in [0.717, 1.165) is 37.2 Å². The van der Waals surface area contributed by atoms with Crippen LogP contribution in [0.1, 0.15) is 53.9 Å². The van der Waals surface area contributed by atoms with E-state index in [0.29, 0.717) is 35.6 Å². The molecule has 2 fully saturated rings. The number of aliphatic hydroxyl groups excluding tert-OH is 1. The molecular formula is C27H30N2O7. The van der Waals surface area contributed by atoms with Crippen LogP contribution in [0.5, 0.6) is 17.2 Å². The summed E-state index contributed by atoms with van der Waals surface area (Å²) in [7, 11) is 0. The number of anilines is 1. The summed E-state index contributed by atoms with van der Waals surface area (Å²) in [6.07, 6.45) is 3.05. The summed E-state index contributed by atoms with van der Waals surface area (Å²) < 4.78 is 23.0. The van der Waals surface area contributed by atoms with Gasteiger partial charge in [-0.25, -0.2) is 0 Å². The Kier molecular flexibility index (Phi) is 6.18. The largest absolute Gasteiger partial charge is 0.487 e. The number of fused-ring (bicyclic) bond motifs is 4. The number of nitrogens with one attached hydrogen (secondary N) is 1. The summed E-state index contributed by atoms with van der Waals surface area (Å²) >= 11 is 0. The third-order valence-corrected chi connectivity index (χ3v) is 7.50. The molecule has 2 amide bonds. The molecular weight excluding hydrogens is 464 g/mol. The Balaban J connectivity index is 1.17. The first-order valence-electron chi connectivity index (χ1n) is 12.6. The SMILES string of the molecule is O=C(Nc1ccc2c(c1)[C@@H]1C[C@H](CC(=O)N3CCCCC3)O[C@H](CO)[C@@H]1O2)c1ccc2c(c1)OCO2. The second-order valence-corrected chi connectivity index (χ2v) is 9.82. The smallest absolute Gasteiger partial charge is 0.255 e. The Bertz CT molecular complexity index is 1160. The zero-order valence-corrected chi connectivity index (χ0v) is 20.0. The summed E-state index contributed by atoms with van der Waals surface area (Å²) in [5.41, 5.74) is 2.07. The molecule has 4 heterocycles. The van der Waals surface area contributed by atoms with E-state index in [-0.39, 0.29) is 43.3 Å². The number of carbonyl (C=O) groups is 2. The van der Waals surface area contributed by atoms with E-state index in [4.69, 9.17) is 18.9 Å². The van der Waals surface area contributed by atoms with Crippen LogP contribution in [0.4, 0.5) is 5.69 Å². The lowest BCUT2D eigenvalue weighted by atomic mass is 9.84. The van der Waals surface area contributed by atoms with Crippen molar-refractivity contribution in [3.05, 3.63) is 47.5 Å². The molecule has 0 unspecified atom stereocenters. The molecule has 6 rings (SSSR count). The number of amides is 2. The van der Waals surface area contributed by atoms with Gasteiger partial charge in [0.1, 0.15) is 18.0 Å². The maximum Gasteiger partial charge on any atom is 0.255 e. The lowest BCUT2D eigenvalue weighted by Gasteiger charge is -2.38. The third kappa shape index (κ3) is 4.37. The number of hydrogen-bond acceptors (Lipinski definition) is 7. The van der Waals surface area contributed by atoms with E-state index in [1.165, 1.54) is 6.42 Å². The van der Waals surface area contributed by atoms with Crippen molar-refractivity contribution in [3.63, 3.8) is 0 Å². The predicted octanol–water partition coefficient (Wildman–Crippen LogP) is 3.06. The van der Waals surface area contributed by atoms with Crippen LogP contribution >= 0.6 is 0 Å². The molecule has 0 spiro atoms. The Hall–Kier alpha value is -3.30. The van der Waals surface area contributed by atoms with Gasteiger partial charge in [0, 0.05) is 35.8 Å². The first-order valence-corrected chi connectivity index (χ1v) is 12.6. The molecule has 9 heteroatoms. The van der Waals surface area contributed by atoms with Crippen molar-refractivity contribution in [2.75, 3.05) is 31.8 Å². The Morgan fingerprint density at radius 1 is 1.00 bits per heavy atom. The van der Waals surface area contributed by atoms with Gasteiger partial charge in [-0.15, -0.1) is 0 Å². The van der Waals surface area contributed by atoms with Gasteiger partial charge in [0.15, 0.2) is 11.5 Å². The normalized spacial score (nSPS) is 26.1. The van der Waals surface area contributed by atoms with E-state index in [9.17, 15) is 14.7 Å². The highest BCUT2D eigenvalue weighted by atomic mass is 16.7. The number of benzene rings is 2. The molecule has 36 heavy (non-hydrogen) atoms. The molecule has 0 radical (unpaired) electrons. The fourth-order valence-electron chi connectivity index (χ4n) is 5.68. The van der Waals surface area contributed by atoms with Crippen molar-refractivity contribution in [1.82, 2.24) is 4.90 Å². The van der Waals surface area contributed by atoms with E-state index in [2.05, 4.69) is 5.32 Å². The van der Waals surface area contributed by atoms with Gasteiger partial charge in [-0.05, 0) is 62.1 Å². The Morgan fingerprint density at radius 3 is 2.64 bits per heavy atom. The van der Waals surface area contributed by atoms with Gasteiger partial charge in [-0.3, -0.25) is 9.59 Å². The summed E-state index contributed by atoms with van der Waals surface area (Å²) in [5.74, 6) is 1.71. The maximum absolute atomic E-state index is 12.9. The second kappa shape index (κ2) is 9.63. The Labute approximate surface area is 209 Å². The highest BCUT2D eigenvalue weighted by Crippen LogP contribution is 2.47. The molecule has 0 aromatic heterocycles. The second-order valence-electron chi connectivity index (χ2n) is 9.82. The van der Waals surface area contributed by atoms with Crippen molar-refractivity contribution < 1.29 is 33.6 Å². The molecule has 2 aromatic carbocycles. The zero-order valence-electron chi connectivity index (χ0n) is 20.0. The third-order valence-electron chi connectivity index (χ3n) is 7.50. The molecule has 2 aromatic rings. The predicted molar refractivity (Wildman–Crippen MR) is 130 cm³/mol. The minimum Gasteiger partial charge on any atom is -0.487 e. The molecule has 2 N–H and O–H groups in total. The number of aliphatic hydroxyl groups is 1. The summed E-state index contributed by atoms with van der Waals surface area (Å²) in [6.45, 7) is 1.58. The maximum atomic E-state index is 12.9. The Morgan fingerprint density at radius 2 is 1.81 bits per heavy atom. The first kappa shape index (κ1) is 23.1. The van der Waals surface area contributed by atoms with Crippen molar-refractivity contribution in [2.24, 2.45) is 0 Å². The first-order chi connectivity index (χ1) is 17.6. The molecule has 0 saturated carbocycles. The van der Waals surface area contributed by atoms with Crippen LogP contribution in [-0.2, 0) is 9.53 Å². The van der Waals surface area contributed by atoms with Gasteiger partial charge in [0.2, 0.25) is 12.7 Å². The molecule has 4 atom stereocenters.